The molecule has 0 atom stereocenters. The molecule has 1 saturated heterocycles. The van der Waals surface area contributed by atoms with Gasteiger partial charge in [0.05, 0.1) is 26.9 Å². The fraction of sp³-hybridized carbons (Fsp3) is 0.600. The van der Waals surface area contributed by atoms with Crippen LogP contribution < -0.4 is 4.74 Å². The van der Waals surface area contributed by atoms with Gasteiger partial charge in [-0.15, -0.1) is 0 Å². The number of aliphatic hydroxyl groups excluding tert-OH is 1. The van der Waals surface area contributed by atoms with Gasteiger partial charge >= 0.3 is 0 Å². The van der Waals surface area contributed by atoms with Gasteiger partial charge < -0.3 is 14.6 Å². The van der Waals surface area contributed by atoms with Crippen LogP contribution >= 0.6 is 0 Å². The van der Waals surface area contributed by atoms with Gasteiger partial charge in [-0.1, -0.05) is 6.07 Å². The first kappa shape index (κ1) is 13.4. The van der Waals surface area contributed by atoms with E-state index in [9.17, 15) is 5.11 Å². The Bertz CT molecular complexity index is 442. The molecule has 3 nitrogen and oxygen atoms in total. The minimum atomic E-state index is -0.111. The van der Waals surface area contributed by atoms with Crippen LogP contribution in [0.5, 0.6) is 5.75 Å². The predicted molar refractivity (Wildman–Crippen MR) is 71.2 cm³/mol. The van der Waals surface area contributed by atoms with Crippen LogP contribution in [0.25, 0.3) is 0 Å². The van der Waals surface area contributed by atoms with Crippen LogP contribution in [0.2, 0.25) is 0 Å². The van der Waals surface area contributed by atoms with Crippen molar-refractivity contribution in [1.82, 2.24) is 0 Å². The van der Waals surface area contributed by atoms with Crippen LogP contribution in [0.4, 0.5) is 0 Å². The standard InChI is InChI=1S/C15H22O3/c1-10-5-11(2)13(14(17-4)12(10)3)6-15(7-16)8-18-9-15/h5,16H,6-9H2,1-4H3. The topological polar surface area (TPSA) is 38.7 Å². The average Bonchev–Trinajstić information content (AvgIpc) is 2.30. The number of hydrogen-bond donors (Lipinski definition) is 1. The van der Waals surface area contributed by atoms with Gasteiger partial charge in [-0.2, -0.15) is 0 Å². The molecule has 0 aliphatic carbocycles. The highest BCUT2D eigenvalue weighted by Gasteiger charge is 2.39. The Kier molecular flexibility index (Phi) is 3.64. The number of rotatable bonds is 4. The zero-order valence-electron chi connectivity index (χ0n) is 11.7. The molecule has 0 spiro atoms. The first-order chi connectivity index (χ1) is 8.53. The van der Waals surface area contributed by atoms with Gasteiger partial charge in [0.2, 0.25) is 0 Å². The van der Waals surface area contributed by atoms with Crippen molar-refractivity contribution in [1.29, 1.82) is 0 Å². The van der Waals surface area contributed by atoms with E-state index in [0.29, 0.717) is 13.2 Å². The average molecular weight is 250 g/mol. The maximum absolute atomic E-state index is 9.56. The van der Waals surface area contributed by atoms with E-state index in [4.69, 9.17) is 9.47 Å². The number of benzene rings is 1. The summed E-state index contributed by atoms with van der Waals surface area (Å²) < 4.78 is 10.8. The Labute approximate surface area is 109 Å². The molecule has 1 aliphatic heterocycles. The molecule has 1 N–H and O–H groups in total. The molecule has 1 aromatic carbocycles. The molecule has 2 rings (SSSR count). The van der Waals surface area contributed by atoms with Gasteiger partial charge in [0.1, 0.15) is 5.75 Å². The molecular formula is C15H22O3. The highest BCUT2D eigenvalue weighted by molar-refractivity contribution is 5.50. The van der Waals surface area contributed by atoms with Crippen molar-refractivity contribution in [3.63, 3.8) is 0 Å². The molecule has 0 radical (unpaired) electrons. The molecule has 18 heavy (non-hydrogen) atoms. The molecule has 100 valence electrons. The summed E-state index contributed by atoms with van der Waals surface area (Å²) in [6.45, 7) is 7.73. The van der Waals surface area contributed by atoms with E-state index >= 15 is 0 Å². The number of hydrogen-bond acceptors (Lipinski definition) is 3. The van der Waals surface area contributed by atoms with E-state index < -0.39 is 0 Å². The summed E-state index contributed by atoms with van der Waals surface area (Å²) in [5.74, 6) is 0.965. The number of ether oxygens (including phenoxy) is 2. The van der Waals surface area contributed by atoms with Crippen molar-refractivity contribution in [3.05, 3.63) is 28.3 Å². The smallest absolute Gasteiger partial charge is 0.125 e. The Morgan fingerprint density at radius 3 is 2.39 bits per heavy atom. The Hall–Kier alpha value is -1.06. The largest absolute Gasteiger partial charge is 0.496 e. The minimum Gasteiger partial charge on any atom is -0.496 e. The second kappa shape index (κ2) is 4.90. The van der Waals surface area contributed by atoms with E-state index in [1.807, 2.05) is 0 Å². The summed E-state index contributed by atoms with van der Waals surface area (Å²) in [6.07, 6.45) is 0.819. The summed E-state index contributed by atoms with van der Waals surface area (Å²) in [4.78, 5) is 0. The summed E-state index contributed by atoms with van der Waals surface area (Å²) in [5.41, 5.74) is 4.76. The van der Waals surface area contributed by atoms with Crippen LogP contribution in [0.1, 0.15) is 22.3 Å². The van der Waals surface area contributed by atoms with E-state index in [0.717, 1.165) is 12.2 Å². The van der Waals surface area contributed by atoms with E-state index in [2.05, 4.69) is 26.8 Å². The lowest BCUT2D eigenvalue weighted by molar-refractivity contribution is -0.136. The molecule has 1 aromatic rings. The Morgan fingerprint density at radius 2 is 1.94 bits per heavy atom. The maximum atomic E-state index is 9.56. The fourth-order valence-corrected chi connectivity index (χ4v) is 2.62. The first-order valence-electron chi connectivity index (χ1n) is 6.35. The molecule has 3 heteroatoms. The van der Waals surface area contributed by atoms with Gasteiger partial charge in [-0.05, 0) is 49.4 Å². The molecule has 1 aliphatic rings. The van der Waals surface area contributed by atoms with Crippen LogP contribution in [0.15, 0.2) is 6.07 Å². The van der Waals surface area contributed by atoms with Crippen molar-refractivity contribution in [2.24, 2.45) is 5.41 Å². The molecule has 1 heterocycles. The van der Waals surface area contributed by atoms with Crippen LogP contribution in [-0.2, 0) is 11.2 Å². The third-order valence-corrected chi connectivity index (χ3v) is 4.02. The monoisotopic (exact) mass is 250 g/mol. The van der Waals surface area contributed by atoms with Crippen molar-refractivity contribution in [2.75, 3.05) is 26.9 Å². The predicted octanol–water partition coefficient (Wildman–Crippen LogP) is 2.17. The Balaban J connectivity index is 2.40. The maximum Gasteiger partial charge on any atom is 0.125 e. The van der Waals surface area contributed by atoms with Crippen molar-refractivity contribution < 1.29 is 14.6 Å². The lowest BCUT2D eigenvalue weighted by Crippen LogP contribution is -2.47. The molecule has 0 amide bonds. The Morgan fingerprint density at radius 1 is 1.28 bits per heavy atom. The molecule has 0 bridgehead atoms. The van der Waals surface area contributed by atoms with Crippen molar-refractivity contribution in [2.45, 2.75) is 27.2 Å². The van der Waals surface area contributed by atoms with E-state index in [1.165, 1.54) is 22.3 Å². The fourth-order valence-electron chi connectivity index (χ4n) is 2.62. The normalized spacial score (nSPS) is 17.4. The summed E-state index contributed by atoms with van der Waals surface area (Å²) in [7, 11) is 1.72. The second-order valence-corrected chi connectivity index (χ2v) is 5.47. The third kappa shape index (κ3) is 2.13. The van der Waals surface area contributed by atoms with Crippen LogP contribution in [0.3, 0.4) is 0 Å². The number of methoxy groups -OCH3 is 1. The van der Waals surface area contributed by atoms with Gasteiger partial charge in [-0.3, -0.25) is 0 Å². The van der Waals surface area contributed by atoms with Gasteiger partial charge in [0.15, 0.2) is 0 Å². The highest BCUT2D eigenvalue weighted by atomic mass is 16.5. The first-order valence-corrected chi connectivity index (χ1v) is 6.35. The van der Waals surface area contributed by atoms with Gasteiger partial charge in [-0.25, -0.2) is 0 Å². The number of aliphatic hydroxyl groups is 1. The molecular weight excluding hydrogens is 228 g/mol. The van der Waals surface area contributed by atoms with Gasteiger partial charge in [0, 0.05) is 5.41 Å². The zero-order chi connectivity index (χ0) is 13.3. The molecule has 0 aromatic heterocycles. The van der Waals surface area contributed by atoms with Crippen molar-refractivity contribution >= 4 is 0 Å². The minimum absolute atomic E-state index is 0.111. The quantitative estimate of drug-likeness (QED) is 0.890. The summed E-state index contributed by atoms with van der Waals surface area (Å²) in [6, 6.07) is 2.19. The molecule has 1 fully saturated rings. The lowest BCUT2D eigenvalue weighted by atomic mass is 9.78. The zero-order valence-corrected chi connectivity index (χ0v) is 11.7. The lowest BCUT2D eigenvalue weighted by Gasteiger charge is -2.40. The van der Waals surface area contributed by atoms with Gasteiger partial charge in [0.25, 0.3) is 0 Å². The highest BCUT2D eigenvalue weighted by Crippen LogP contribution is 2.38. The van der Waals surface area contributed by atoms with Crippen LogP contribution in [0, 0.1) is 26.2 Å². The summed E-state index contributed by atoms with van der Waals surface area (Å²) >= 11 is 0. The van der Waals surface area contributed by atoms with Crippen LogP contribution in [-0.4, -0.2) is 32.0 Å². The third-order valence-electron chi connectivity index (χ3n) is 4.02. The SMILES string of the molecule is COc1c(C)c(C)cc(C)c1CC1(CO)COC1. The van der Waals surface area contributed by atoms with E-state index in [-0.39, 0.29) is 12.0 Å². The van der Waals surface area contributed by atoms with E-state index in [1.54, 1.807) is 7.11 Å². The molecule has 0 unspecified atom stereocenters. The second-order valence-electron chi connectivity index (χ2n) is 5.47. The molecule has 0 saturated carbocycles. The number of aryl methyl sites for hydroxylation is 2. The van der Waals surface area contributed by atoms with Crippen molar-refractivity contribution in [3.8, 4) is 5.75 Å². The summed E-state index contributed by atoms with van der Waals surface area (Å²) in [5, 5.41) is 9.56.